The SMILES string of the molecule is CC(=O)N1CCc2cc([C@@H](O)CN3CCC4(CC3)C[C@@H](O)c3cc(C)ccc3O4)ccc21. The number of fused-ring (bicyclic) bond motifs is 2. The Morgan fingerprint density at radius 3 is 2.72 bits per heavy atom. The second-order valence-electron chi connectivity index (χ2n) is 9.67. The van der Waals surface area contributed by atoms with Crippen LogP contribution in [0, 0.1) is 6.92 Å². The highest BCUT2D eigenvalue weighted by atomic mass is 16.5. The Morgan fingerprint density at radius 1 is 1.19 bits per heavy atom. The first-order valence-electron chi connectivity index (χ1n) is 11.6. The van der Waals surface area contributed by atoms with Crippen molar-refractivity contribution >= 4 is 11.6 Å². The summed E-state index contributed by atoms with van der Waals surface area (Å²) in [6.45, 7) is 6.57. The van der Waals surface area contributed by atoms with E-state index in [-0.39, 0.29) is 11.5 Å². The molecule has 2 atom stereocenters. The lowest BCUT2D eigenvalue weighted by Gasteiger charge is -2.46. The van der Waals surface area contributed by atoms with E-state index in [0.717, 1.165) is 66.0 Å². The van der Waals surface area contributed by atoms with Gasteiger partial charge in [0.15, 0.2) is 0 Å². The Morgan fingerprint density at radius 2 is 1.97 bits per heavy atom. The van der Waals surface area contributed by atoms with E-state index >= 15 is 0 Å². The molecule has 3 heterocycles. The molecule has 0 aliphatic carbocycles. The summed E-state index contributed by atoms with van der Waals surface area (Å²) >= 11 is 0. The van der Waals surface area contributed by atoms with Gasteiger partial charge in [-0.1, -0.05) is 23.8 Å². The highest BCUT2D eigenvalue weighted by molar-refractivity contribution is 5.93. The largest absolute Gasteiger partial charge is 0.487 e. The minimum Gasteiger partial charge on any atom is -0.487 e. The number of amides is 1. The summed E-state index contributed by atoms with van der Waals surface area (Å²) < 4.78 is 6.42. The second-order valence-corrected chi connectivity index (χ2v) is 9.67. The Balaban J connectivity index is 1.21. The Labute approximate surface area is 189 Å². The number of hydrogen-bond acceptors (Lipinski definition) is 5. The number of likely N-dealkylation sites (tertiary alicyclic amines) is 1. The predicted molar refractivity (Wildman–Crippen MR) is 123 cm³/mol. The quantitative estimate of drug-likeness (QED) is 0.773. The summed E-state index contributed by atoms with van der Waals surface area (Å²) in [5.74, 6) is 0.868. The Kier molecular flexibility index (Phi) is 5.48. The molecule has 2 aromatic carbocycles. The van der Waals surface area contributed by atoms with Crippen molar-refractivity contribution < 1.29 is 19.7 Å². The topological polar surface area (TPSA) is 73.2 Å². The molecule has 0 saturated carbocycles. The summed E-state index contributed by atoms with van der Waals surface area (Å²) in [5.41, 5.74) is 4.71. The number of rotatable bonds is 3. The highest BCUT2D eigenvalue weighted by Gasteiger charge is 2.43. The number of anilines is 1. The van der Waals surface area contributed by atoms with E-state index in [1.807, 2.05) is 43.3 Å². The van der Waals surface area contributed by atoms with E-state index < -0.39 is 12.2 Å². The van der Waals surface area contributed by atoms with Crippen molar-refractivity contribution in [1.29, 1.82) is 0 Å². The van der Waals surface area contributed by atoms with Crippen molar-refractivity contribution in [3.63, 3.8) is 0 Å². The lowest BCUT2D eigenvalue weighted by Crippen LogP contribution is -2.51. The van der Waals surface area contributed by atoms with Gasteiger partial charge >= 0.3 is 0 Å². The Bertz CT molecular complexity index is 1030. The van der Waals surface area contributed by atoms with Crippen molar-refractivity contribution in [2.45, 2.75) is 57.3 Å². The van der Waals surface area contributed by atoms with Gasteiger partial charge in [-0.05, 0) is 55.5 Å². The molecule has 0 radical (unpaired) electrons. The van der Waals surface area contributed by atoms with Crippen LogP contribution in [-0.4, -0.2) is 52.8 Å². The number of carbonyl (C=O) groups is 1. The fourth-order valence-corrected chi connectivity index (χ4v) is 5.51. The summed E-state index contributed by atoms with van der Waals surface area (Å²) in [4.78, 5) is 15.8. The highest BCUT2D eigenvalue weighted by Crippen LogP contribution is 2.44. The van der Waals surface area contributed by atoms with Gasteiger partial charge in [0, 0.05) is 50.8 Å². The van der Waals surface area contributed by atoms with E-state index in [2.05, 4.69) is 4.90 Å². The molecule has 1 saturated heterocycles. The van der Waals surface area contributed by atoms with E-state index in [1.165, 1.54) is 0 Å². The lowest BCUT2D eigenvalue weighted by molar-refractivity contribution is -0.116. The number of aryl methyl sites for hydroxylation is 1. The summed E-state index contributed by atoms with van der Waals surface area (Å²) in [6.07, 6.45) is 2.07. The van der Waals surface area contributed by atoms with E-state index in [0.29, 0.717) is 19.5 Å². The Hall–Kier alpha value is -2.41. The van der Waals surface area contributed by atoms with E-state index in [4.69, 9.17) is 4.74 Å². The minimum absolute atomic E-state index is 0.0621. The number of aliphatic hydroxyl groups excluding tert-OH is 2. The number of hydrogen-bond donors (Lipinski definition) is 2. The van der Waals surface area contributed by atoms with Crippen LogP contribution in [0.5, 0.6) is 5.75 Å². The molecule has 170 valence electrons. The second kappa shape index (κ2) is 8.18. The van der Waals surface area contributed by atoms with Crippen molar-refractivity contribution in [3.8, 4) is 5.75 Å². The molecule has 1 fully saturated rings. The van der Waals surface area contributed by atoms with Crippen LogP contribution in [0.1, 0.15) is 60.6 Å². The standard InChI is InChI=1S/C26H32N2O4/c1-17-3-6-25-21(13-17)23(30)15-26(32-25)8-11-27(12-9-26)16-24(31)20-4-5-22-19(14-20)7-10-28(22)18(2)29/h3-6,13-14,23-24,30-31H,7-12,15-16H2,1-2H3/t23-,24+/m1/s1. The smallest absolute Gasteiger partial charge is 0.223 e. The summed E-state index contributed by atoms with van der Waals surface area (Å²) in [5, 5.41) is 21.6. The molecule has 0 bridgehead atoms. The number of piperidine rings is 1. The average Bonchev–Trinajstić information content (AvgIpc) is 3.20. The van der Waals surface area contributed by atoms with Gasteiger partial charge in [0.05, 0.1) is 12.2 Å². The zero-order valence-corrected chi connectivity index (χ0v) is 18.9. The maximum Gasteiger partial charge on any atom is 0.223 e. The summed E-state index contributed by atoms with van der Waals surface area (Å²) in [6, 6.07) is 12.0. The van der Waals surface area contributed by atoms with Gasteiger partial charge in [0.2, 0.25) is 5.91 Å². The third-order valence-corrected chi connectivity index (χ3v) is 7.38. The molecule has 1 spiro atoms. The molecular formula is C26H32N2O4. The molecule has 0 unspecified atom stereocenters. The fraction of sp³-hybridized carbons (Fsp3) is 0.500. The molecule has 32 heavy (non-hydrogen) atoms. The van der Waals surface area contributed by atoms with Crippen LogP contribution >= 0.6 is 0 Å². The number of nitrogens with zero attached hydrogens (tertiary/aromatic N) is 2. The molecule has 6 heteroatoms. The number of carbonyl (C=O) groups excluding carboxylic acids is 1. The van der Waals surface area contributed by atoms with E-state index in [9.17, 15) is 15.0 Å². The van der Waals surface area contributed by atoms with Crippen LogP contribution in [-0.2, 0) is 11.2 Å². The van der Waals surface area contributed by atoms with Gasteiger partial charge in [-0.2, -0.15) is 0 Å². The molecule has 3 aliphatic heterocycles. The van der Waals surface area contributed by atoms with E-state index in [1.54, 1.807) is 11.8 Å². The molecule has 1 amide bonds. The maximum absolute atomic E-state index is 11.8. The van der Waals surface area contributed by atoms with Crippen molar-refractivity contribution in [1.82, 2.24) is 4.90 Å². The summed E-state index contributed by atoms with van der Waals surface area (Å²) in [7, 11) is 0. The number of β-amino-alcohol motifs (C(OH)–C–C–N with tert-alkyl or cyclic N) is 1. The van der Waals surface area contributed by atoms with Gasteiger partial charge < -0.3 is 24.7 Å². The zero-order valence-electron chi connectivity index (χ0n) is 18.9. The maximum atomic E-state index is 11.8. The molecular weight excluding hydrogens is 404 g/mol. The normalized spacial score (nSPS) is 22.9. The molecule has 6 nitrogen and oxygen atoms in total. The van der Waals surface area contributed by atoms with Gasteiger partial charge in [-0.3, -0.25) is 4.79 Å². The predicted octanol–water partition coefficient (Wildman–Crippen LogP) is 3.29. The van der Waals surface area contributed by atoms with Crippen molar-refractivity contribution in [2.24, 2.45) is 0 Å². The lowest BCUT2D eigenvalue weighted by atomic mass is 9.81. The number of aliphatic hydroxyl groups is 2. The van der Waals surface area contributed by atoms with Gasteiger partial charge in [0.1, 0.15) is 11.4 Å². The van der Waals surface area contributed by atoms with Crippen LogP contribution in [0.25, 0.3) is 0 Å². The van der Waals surface area contributed by atoms with Crippen molar-refractivity contribution in [3.05, 3.63) is 58.7 Å². The van der Waals surface area contributed by atoms with Crippen LogP contribution < -0.4 is 9.64 Å². The minimum atomic E-state index is -0.567. The number of ether oxygens (including phenoxy) is 1. The zero-order chi connectivity index (χ0) is 22.5. The molecule has 0 aromatic heterocycles. The molecule has 3 aliphatic rings. The average molecular weight is 437 g/mol. The molecule has 2 aromatic rings. The number of benzene rings is 2. The van der Waals surface area contributed by atoms with Gasteiger partial charge in [-0.25, -0.2) is 0 Å². The fourth-order valence-electron chi connectivity index (χ4n) is 5.51. The van der Waals surface area contributed by atoms with Crippen molar-refractivity contribution in [2.75, 3.05) is 31.1 Å². The molecule has 5 rings (SSSR count). The van der Waals surface area contributed by atoms with Crippen LogP contribution in [0.4, 0.5) is 5.69 Å². The first kappa shape index (κ1) is 21.4. The first-order chi connectivity index (χ1) is 15.3. The van der Waals surface area contributed by atoms with Gasteiger partial charge in [0.25, 0.3) is 0 Å². The third-order valence-electron chi connectivity index (χ3n) is 7.38. The first-order valence-corrected chi connectivity index (χ1v) is 11.6. The van der Waals surface area contributed by atoms with Crippen LogP contribution in [0.3, 0.4) is 0 Å². The van der Waals surface area contributed by atoms with Crippen LogP contribution in [0.2, 0.25) is 0 Å². The monoisotopic (exact) mass is 436 g/mol. The van der Waals surface area contributed by atoms with Gasteiger partial charge in [-0.15, -0.1) is 0 Å². The molecule has 2 N–H and O–H groups in total. The third kappa shape index (κ3) is 3.91. The van der Waals surface area contributed by atoms with Crippen LogP contribution in [0.15, 0.2) is 36.4 Å².